The van der Waals surface area contributed by atoms with Crippen LogP contribution in [0.2, 0.25) is 0 Å². The Morgan fingerprint density at radius 1 is 1.19 bits per heavy atom. The Kier molecular flexibility index (Phi) is 3.15. The van der Waals surface area contributed by atoms with E-state index in [0.29, 0.717) is 6.04 Å². The van der Waals surface area contributed by atoms with Gasteiger partial charge < -0.3 is 5.32 Å². The van der Waals surface area contributed by atoms with Crippen LogP contribution in [0.4, 0.5) is 5.69 Å². The van der Waals surface area contributed by atoms with Crippen molar-refractivity contribution in [1.82, 2.24) is 19.4 Å². The van der Waals surface area contributed by atoms with Gasteiger partial charge in [0.2, 0.25) is 0 Å². The highest BCUT2D eigenvalue weighted by molar-refractivity contribution is 5.57. The second kappa shape index (κ2) is 5.15. The Balaban J connectivity index is 1.54. The van der Waals surface area contributed by atoms with E-state index < -0.39 is 0 Å². The number of imidazole rings is 1. The molecule has 0 radical (unpaired) electrons. The molecule has 2 aliphatic rings. The van der Waals surface area contributed by atoms with Gasteiger partial charge in [0.25, 0.3) is 0 Å². The zero-order valence-electron chi connectivity index (χ0n) is 12.4. The van der Waals surface area contributed by atoms with Crippen LogP contribution in [-0.2, 0) is 0 Å². The maximum atomic E-state index is 4.54. The van der Waals surface area contributed by atoms with Crippen LogP contribution in [-0.4, -0.2) is 44.6 Å². The molecule has 1 aliphatic heterocycles. The second-order valence-corrected chi connectivity index (χ2v) is 6.08. The zero-order valence-corrected chi connectivity index (χ0v) is 12.4. The summed E-state index contributed by atoms with van der Waals surface area (Å²) in [7, 11) is 0. The summed E-state index contributed by atoms with van der Waals surface area (Å²) in [4.78, 5) is 11.5. The lowest BCUT2D eigenvalue weighted by molar-refractivity contribution is 0.326. The molecule has 4 rings (SSSR count). The van der Waals surface area contributed by atoms with Crippen molar-refractivity contribution in [3.8, 4) is 5.82 Å². The fourth-order valence-electron chi connectivity index (χ4n) is 3.20. The second-order valence-electron chi connectivity index (χ2n) is 6.08. The van der Waals surface area contributed by atoms with Gasteiger partial charge in [-0.15, -0.1) is 0 Å². The predicted octanol–water partition coefficient (Wildman–Crippen LogP) is 2.22. The molecule has 1 atom stereocenters. The van der Waals surface area contributed by atoms with Crippen molar-refractivity contribution in [2.45, 2.75) is 38.3 Å². The van der Waals surface area contributed by atoms with E-state index in [1.165, 1.54) is 25.8 Å². The molecule has 2 aromatic heterocycles. The summed E-state index contributed by atoms with van der Waals surface area (Å²) < 4.78 is 2.04. The van der Waals surface area contributed by atoms with E-state index >= 15 is 0 Å². The summed E-state index contributed by atoms with van der Waals surface area (Å²) >= 11 is 0. The molecule has 2 fully saturated rings. The van der Waals surface area contributed by atoms with Gasteiger partial charge in [0.15, 0.2) is 5.82 Å². The summed E-state index contributed by atoms with van der Waals surface area (Å²) in [6, 6.07) is 5.49. The average molecular weight is 283 g/mol. The SMILES string of the molecule is Cc1nccn1-c1ncccc1NC1CCN(C2CC2)C1. The van der Waals surface area contributed by atoms with Crippen molar-refractivity contribution in [3.05, 3.63) is 36.5 Å². The molecule has 110 valence electrons. The van der Waals surface area contributed by atoms with Crippen LogP contribution in [0.1, 0.15) is 25.1 Å². The number of rotatable bonds is 4. The molecule has 2 aromatic rings. The summed E-state index contributed by atoms with van der Waals surface area (Å²) in [6.07, 6.45) is 9.61. The normalized spacial score (nSPS) is 22.6. The first-order chi connectivity index (χ1) is 10.3. The first-order valence-electron chi connectivity index (χ1n) is 7.77. The molecule has 3 heterocycles. The van der Waals surface area contributed by atoms with Gasteiger partial charge in [0.1, 0.15) is 5.82 Å². The van der Waals surface area contributed by atoms with E-state index in [9.17, 15) is 0 Å². The highest BCUT2D eigenvalue weighted by Crippen LogP contribution is 2.31. The topological polar surface area (TPSA) is 46.0 Å². The predicted molar refractivity (Wildman–Crippen MR) is 82.7 cm³/mol. The van der Waals surface area contributed by atoms with Gasteiger partial charge in [-0.25, -0.2) is 9.97 Å². The molecule has 1 N–H and O–H groups in total. The molecule has 0 aromatic carbocycles. The van der Waals surface area contributed by atoms with Gasteiger partial charge >= 0.3 is 0 Å². The minimum atomic E-state index is 0.525. The molecule has 0 amide bonds. The van der Waals surface area contributed by atoms with Crippen molar-refractivity contribution in [2.75, 3.05) is 18.4 Å². The molecular weight excluding hydrogens is 262 g/mol. The molecule has 0 bridgehead atoms. The summed E-state index contributed by atoms with van der Waals surface area (Å²) in [5, 5.41) is 3.68. The summed E-state index contributed by atoms with van der Waals surface area (Å²) in [5.41, 5.74) is 1.10. The summed E-state index contributed by atoms with van der Waals surface area (Å²) in [6.45, 7) is 4.38. The number of pyridine rings is 1. The average Bonchev–Trinajstić information content (AvgIpc) is 3.10. The van der Waals surface area contributed by atoms with Gasteiger partial charge in [-0.05, 0) is 38.3 Å². The maximum Gasteiger partial charge on any atom is 0.161 e. The van der Waals surface area contributed by atoms with Crippen LogP contribution < -0.4 is 5.32 Å². The highest BCUT2D eigenvalue weighted by atomic mass is 15.2. The van der Waals surface area contributed by atoms with Crippen LogP contribution in [0.15, 0.2) is 30.7 Å². The molecule has 21 heavy (non-hydrogen) atoms. The van der Waals surface area contributed by atoms with Gasteiger partial charge in [-0.3, -0.25) is 9.47 Å². The summed E-state index contributed by atoms with van der Waals surface area (Å²) in [5.74, 6) is 1.90. The Bertz CT molecular complexity index is 631. The third-order valence-corrected chi connectivity index (χ3v) is 4.48. The molecule has 5 nitrogen and oxygen atoms in total. The molecule has 1 unspecified atom stereocenters. The largest absolute Gasteiger partial charge is 0.378 e. The van der Waals surface area contributed by atoms with Crippen molar-refractivity contribution >= 4 is 5.69 Å². The fourth-order valence-corrected chi connectivity index (χ4v) is 3.20. The fraction of sp³-hybridized carbons (Fsp3) is 0.500. The quantitative estimate of drug-likeness (QED) is 0.934. The van der Waals surface area contributed by atoms with Crippen molar-refractivity contribution in [2.24, 2.45) is 0 Å². The van der Waals surface area contributed by atoms with E-state index in [-0.39, 0.29) is 0 Å². The smallest absolute Gasteiger partial charge is 0.161 e. The first-order valence-corrected chi connectivity index (χ1v) is 7.77. The van der Waals surface area contributed by atoms with Gasteiger partial charge in [0.05, 0.1) is 5.69 Å². The number of anilines is 1. The third kappa shape index (κ3) is 2.53. The number of nitrogens with one attached hydrogen (secondary N) is 1. The molecule has 5 heteroatoms. The third-order valence-electron chi connectivity index (χ3n) is 4.48. The zero-order chi connectivity index (χ0) is 14.2. The standard InChI is InChI=1S/C16H21N5/c1-12-17-8-10-21(12)16-15(3-2-7-18-16)19-13-6-9-20(11-13)14-4-5-14/h2-3,7-8,10,13-14,19H,4-6,9,11H2,1H3. The lowest BCUT2D eigenvalue weighted by atomic mass is 10.2. The van der Waals surface area contributed by atoms with Crippen molar-refractivity contribution in [3.63, 3.8) is 0 Å². The van der Waals surface area contributed by atoms with Gasteiger partial charge in [-0.1, -0.05) is 0 Å². The van der Waals surface area contributed by atoms with E-state index in [2.05, 4.69) is 26.3 Å². The van der Waals surface area contributed by atoms with E-state index in [4.69, 9.17) is 0 Å². The molecular formula is C16H21N5. The van der Waals surface area contributed by atoms with E-state index in [0.717, 1.165) is 29.9 Å². The monoisotopic (exact) mass is 283 g/mol. The Labute approximate surface area is 125 Å². The lowest BCUT2D eigenvalue weighted by Gasteiger charge is -2.18. The number of nitrogens with zero attached hydrogens (tertiary/aromatic N) is 4. The van der Waals surface area contributed by atoms with Crippen LogP contribution in [0.25, 0.3) is 5.82 Å². The number of likely N-dealkylation sites (tertiary alicyclic amines) is 1. The Morgan fingerprint density at radius 2 is 2.10 bits per heavy atom. The molecule has 0 spiro atoms. The number of hydrogen-bond acceptors (Lipinski definition) is 4. The molecule has 1 saturated carbocycles. The van der Waals surface area contributed by atoms with Gasteiger partial charge in [0, 0.05) is 43.8 Å². The van der Waals surface area contributed by atoms with E-state index in [1.807, 2.05) is 36.1 Å². The van der Waals surface area contributed by atoms with E-state index in [1.54, 1.807) is 0 Å². The van der Waals surface area contributed by atoms with Crippen LogP contribution in [0, 0.1) is 6.92 Å². The molecule has 1 aliphatic carbocycles. The molecule has 1 saturated heterocycles. The van der Waals surface area contributed by atoms with Crippen LogP contribution in [0.5, 0.6) is 0 Å². The number of hydrogen-bond donors (Lipinski definition) is 1. The minimum Gasteiger partial charge on any atom is -0.378 e. The van der Waals surface area contributed by atoms with Gasteiger partial charge in [-0.2, -0.15) is 0 Å². The Hall–Kier alpha value is -1.88. The van der Waals surface area contributed by atoms with Crippen molar-refractivity contribution < 1.29 is 0 Å². The minimum absolute atomic E-state index is 0.525. The number of aromatic nitrogens is 3. The van der Waals surface area contributed by atoms with Crippen LogP contribution >= 0.6 is 0 Å². The highest BCUT2D eigenvalue weighted by Gasteiger charge is 2.34. The van der Waals surface area contributed by atoms with Crippen LogP contribution in [0.3, 0.4) is 0 Å². The lowest BCUT2D eigenvalue weighted by Crippen LogP contribution is -2.28. The first kappa shape index (κ1) is 12.8. The Morgan fingerprint density at radius 3 is 2.86 bits per heavy atom. The number of aryl methyl sites for hydroxylation is 1. The maximum absolute atomic E-state index is 4.54. The van der Waals surface area contributed by atoms with Crippen molar-refractivity contribution in [1.29, 1.82) is 0 Å².